The minimum atomic E-state index is -3.68. The average Bonchev–Trinajstić information content (AvgIpc) is 2.99. The fraction of sp³-hybridized carbons (Fsp3) is 0.500. The fourth-order valence-corrected chi connectivity index (χ4v) is 4.98. The van der Waals surface area contributed by atoms with Crippen molar-refractivity contribution in [3.63, 3.8) is 0 Å². The van der Waals surface area contributed by atoms with E-state index in [-0.39, 0.29) is 17.5 Å². The quantitative estimate of drug-likeness (QED) is 0.705. The lowest BCUT2D eigenvalue weighted by Gasteiger charge is -2.31. The Morgan fingerprint density at radius 1 is 1.07 bits per heavy atom. The van der Waals surface area contributed by atoms with Crippen LogP contribution in [0.4, 0.5) is 5.82 Å². The Morgan fingerprint density at radius 3 is 2.60 bits per heavy atom. The van der Waals surface area contributed by atoms with Crippen LogP contribution >= 0.6 is 0 Å². The van der Waals surface area contributed by atoms with E-state index in [2.05, 4.69) is 10.2 Å². The first-order valence-electron chi connectivity index (χ1n) is 10.0. The molecule has 30 heavy (non-hydrogen) atoms. The molecule has 0 bridgehead atoms. The van der Waals surface area contributed by atoms with E-state index in [1.165, 1.54) is 4.31 Å². The smallest absolute Gasteiger partial charge is 0.243 e. The van der Waals surface area contributed by atoms with Crippen molar-refractivity contribution in [2.75, 3.05) is 45.3 Å². The van der Waals surface area contributed by atoms with Gasteiger partial charge in [0.1, 0.15) is 6.10 Å². The van der Waals surface area contributed by atoms with E-state index in [9.17, 15) is 8.42 Å². The first-order chi connectivity index (χ1) is 14.4. The summed E-state index contributed by atoms with van der Waals surface area (Å²) in [5.74, 6) is 2.16. The summed E-state index contributed by atoms with van der Waals surface area (Å²) >= 11 is 0. The van der Waals surface area contributed by atoms with Crippen LogP contribution in [0.15, 0.2) is 35.2 Å². The second kappa shape index (κ2) is 8.65. The molecule has 1 unspecified atom stereocenters. The van der Waals surface area contributed by atoms with E-state index >= 15 is 0 Å². The van der Waals surface area contributed by atoms with Gasteiger partial charge in [-0.3, -0.25) is 0 Å². The van der Waals surface area contributed by atoms with Crippen molar-refractivity contribution >= 4 is 15.8 Å². The van der Waals surface area contributed by atoms with Crippen molar-refractivity contribution in [2.24, 2.45) is 0 Å². The van der Waals surface area contributed by atoms with Gasteiger partial charge in [-0.05, 0) is 31.0 Å². The lowest BCUT2D eigenvalue weighted by Crippen LogP contribution is -2.44. The zero-order valence-electron chi connectivity index (χ0n) is 17.2. The average molecular weight is 435 g/mol. The number of anilines is 1. The summed E-state index contributed by atoms with van der Waals surface area (Å²) in [5.41, 5.74) is 0. The molecule has 0 amide bonds. The maximum Gasteiger partial charge on any atom is 0.243 e. The van der Waals surface area contributed by atoms with Crippen molar-refractivity contribution in [3.05, 3.63) is 30.3 Å². The molecule has 1 saturated heterocycles. The molecule has 0 saturated carbocycles. The summed E-state index contributed by atoms with van der Waals surface area (Å²) in [7, 11) is 0.0904. The van der Waals surface area contributed by atoms with Gasteiger partial charge in [0.05, 0.1) is 24.7 Å². The second-order valence-electron chi connectivity index (χ2n) is 7.53. The van der Waals surface area contributed by atoms with Crippen molar-refractivity contribution in [3.8, 4) is 17.4 Å². The number of hydrogen-bond donors (Lipinski definition) is 0. The number of nitrogens with zero attached hydrogens (tertiary/aromatic N) is 4. The molecule has 3 heterocycles. The highest BCUT2D eigenvalue weighted by Gasteiger charge is 2.32. The first-order valence-corrected chi connectivity index (χ1v) is 11.4. The Balaban J connectivity index is 1.47. The third-order valence-electron chi connectivity index (χ3n) is 5.07. The molecule has 1 aromatic heterocycles. The standard InChI is InChI=1S/C20H26N4O5S/c1-23(2)19-8-9-20(22-21-19)29-15-5-3-10-24(14-15)30(25,26)16-6-7-17-18(13-16)28-12-4-11-27-17/h6-9,13,15H,3-5,10-12,14H2,1-2H3. The van der Waals surface area contributed by atoms with Crippen LogP contribution in [0.3, 0.4) is 0 Å². The van der Waals surface area contributed by atoms with Crippen molar-refractivity contribution in [1.82, 2.24) is 14.5 Å². The molecule has 0 N–H and O–H groups in total. The molecule has 162 valence electrons. The van der Waals surface area contributed by atoms with Crippen molar-refractivity contribution in [2.45, 2.75) is 30.3 Å². The van der Waals surface area contributed by atoms with Crippen LogP contribution in [0.5, 0.6) is 17.4 Å². The lowest BCUT2D eigenvalue weighted by molar-refractivity contribution is 0.123. The summed E-state index contributed by atoms with van der Waals surface area (Å²) in [6.45, 7) is 1.77. The monoisotopic (exact) mass is 434 g/mol. The molecule has 4 rings (SSSR count). The van der Waals surface area contributed by atoms with Crippen LogP contribution in [0.2, 0.25) is 0 Å². The van der Waals surface area contributed by atoms with Crippen LogP contribution in [0.1, 0.15) is 19.3 Å². The molecular weight excluding hydrogens is 408 g/mol. The summed E-state index contributed by atoms with van der Waals surface area (Å²) in [6.07, 6.45) is 1.94. The molecular formula is C20H26N4O5S. The van der Waals surface area contributed by atoms with E-state index in [1.54, 1.807) is 24.3 Å². The zero-order chi connectivity index (χ0) is 21.1. The molecule has 0 aliphatic carbocycles. The molecule has 1 atom stereocenters. The van der Waals surface area contributed by atoms with Crippen LogP contribution in [0, 0.1) is 0 Å². The summed E-state index contributed by atoms with van der Waals surface area (Å²) < 4.78 is 45.1. The number of sulfonamides is 1. The highest BCUT2D eigenvalue weighted by Crippen LogP contribution is 2.33. The maximum absolute atomic E-state index is 13.2. The molecule has 2 aromatic rings. The Morgan fingerprint density at radius 2 is 1.87 bits per heavy atom. The summed E-state index contributed by atoms with van der Waals surface area (Å²) in [4.78, 5) is 2.05. The number of benzene rings is 1. The van der Waals surface area contributed by atoms with Gasteiger partial charge in [0.25, 0.3) is 0 Å². The Labute approximate surface area is 176 Å². The van der Waals surface area contributed by atoms with Gasteiger partial charge in [0.2, 0.25) is 15.9 Å². The van der Waals surface area contributed by atoms with Gasteiger partial charge in [0, 0.05) is 39.2 Å². The number of rotatable bonds is 5. The van der Waals surface area contributed by atoms with Gasteiger partial charge in [-0.1, -0.05) is 0 Å². The normalized spacial score (nSPS) is 19.7. The third-order valence-corrected chi connectivity index (χ3v) is 6.93. The zero-order valence-corrected chi connectivity index (χ0v) is 18.0. The highest BCUT2D eigenvalue weighted by atomic mass is 32.2. The molecule has 1 fully saturated rings. The molecule has 10 heteroatoms. The number of aromatic nitrogens is 2. The van der Waals surface area contributed by atoms with Crippen LogP contribution in [-0.4, -0.2) is 69.4 Å². The minimum absolute atomic E-state index is 0.197. The second-order valence-corrected chi connectivity index (χ2v) is 9.47. The van der Waals surface area contributed by atoms with Gasteiger partial charge >= 0.3 is 0 Å². The van der Waals surface area contributed by atoms with Gasteiger partial charge in [-0.15, -0.1) is 10.2 Å². The van der Waals surface area contributed by atoms with Crippen LogP contribution < -0.4 is 19.1 Å². The van der Waals surface area contributed by atoms with E-state index in [1.807, 2.05) is 25.1 Å². The van der Waals surface area contributed by atoms with Crippen molar-refractivity contribution in [1.29, 1.82) is 0 Å². The van der Waals surface area contributed by atoms with Gasteiger partial charge in [-0.2, -0.15) is 4.31 Å². The highest BCUT2D eigenvalue weighted by molar-refractivity contribution is 7.89. The molecule has 0 radical (unpaired) electrons. The number of piperidine rings is 1. The van der Waals surface area contributed by atoms with E-state index in [0.717, 1.165) is 18.7 Å². The van der Waals surface area contributed by atoms with Crippen LogP contribution in [-0.2, 0) is 10.0 Å². The number of fused-ring (bicyclic) bond motifs is 1. The SMILES string of the molecule is CN(C)c1ccc(OC2CCCN(S(=O)(=O)c3ccc4c(c3)OCCCO4)C2)nn1. The fourth-order valence-electron chi connectivity index (χ4n) is 3.46. The van der Waals surface area contributed by atoms with Gasteiger partial charge < -0.3 is 19.1 Å². The predicted molar refractivity (Wildman–Crippen MR) is 111 cm³/mol. The molecule has 1 aromatic carbocycles. The lowest BCUT2D eigenvalue weighted by atomic mass is 10.1. The Kier molecular flexibility index (Phi) is 5.96. The topological polar surface area (TPSA) is 94.1 Å². The summed E-state index contributed by atoms with van der Waals surface area (Å²) in [5, 5.41) is 8.19. The van der Waals surface area contributed by atoms with E-state index < -0.39 is 10.0 Å². The molecule has 0 spiro atoms. The predicted octanol–water partition coefficient (Wildman–Crippen LogP) is 1.94. The molecule has 2 aliphatic rings. The van der Waals surface area contributed by atoms with E-state index in [4.69, 9.17) is 14.2 Å². The number of hydrogen-bond acceptors (Lipinski definition) is 8. The molecule has 9 nitrogen and oxygen atoms in total. The van der Waals surface area contributed by atoms with E-state index in [0.29, 0.717) is 43.6 Å². The number of ether oxygens (including phenoxy) is 3. The maximum atomic E-state index is 13.2. The third kappa shape index (κ3) is 4.44. The van der Waals surface area contributed by atoms with Gasteiger partial charge in [0.15, 0.2) is 17.3 Å². The Hall–Kier alpha value is -2.59. The minimum Gasteiger partial charge on any atom is -0.490 e. The largest absolute Gasteiger partial charge is 0.490 e. The Bertz CT molecular complexity index is 981. The first kappa shape index (κ1) is 20.7. The van der Waals surface area contributed by atoms with Crippen LogP contribution in [0.25, 0.3) is 0 Å². The summed E-state index contributed by atoms with van der Waals surface area (Å²) in [6, 6.07) is 8.34. The van der Waals surface area contributed by atoms with Crippen molar-refractivity contribution < 1.29 is 22.6 Å². The molecule has 2 aliphatic heterocycles. The van der Waals surface area contributed by atoms with Gasteiger partial charge in [-0.25, -0.2) is 8.42 Å².